The van der Waals surface area contributed by atoms with Gasteiger partial charge in [-0.05, 0) is 45.2 Å². The first-order valence-corrected chi connectivity index (χ1v) is 5.79. The van der Waals surface area contributed by atoms with Crippen molar-refractivity contribution in [3.8, 4) is 0 Å². The molecule has 2 aliphatic rings. The van der Waals surface area contributed by atoms with Crippen molar-refractivity contribution in [1.82, 2.24) is 14.7 Å². The zero-order valence-corrected chi connectivity index (χ0v) is 9.82. The van der Waals surface area contributed by atoms with Gasteiger partial charge in [0.15, 0.2) is 0 Å². The number of nitrogens with zero attached hydrogens (tertiary/aromatic N) is 3. The van der Waals surface area contributed by atoms with Crippen molar-refractivity contribution in [3.05, 3.63) is 17.5 Å². The molecule has 3 nitrogen and oxygen atoms in total. The molecule has 0 aromatic carbocycles. The van der Waals surface area contributed by atoms with Gasteiger partial charge in [0, 0.05) is 18.8 Å². The minimum absolute atomic E-state index is 0.658. The molecule has 2 heterocycles. The Balaban J connectivity index is 1.70. The van der Waals surface area contributed by atoms with E-state index in [1.54, 1.807) is 0 Å². The molecule has 1 aromatic rings. The van der Waals surface area contributed by atoms with Crippen molar-refractivity contribution >= 4 is 0 Å². The smallest absolute Gasteiger partial charge is 0.0596 e. The van der Waals surface area contributed by atoms with Crippen LogP contribution in [0.5, 0.6) is 0 Å². The van der Waals surface area contributed by atoms with Crippen molar-refractivity contribution in [2.45, 2.75) is 32.7 Å². The molecule has 82 valence electrons. The summed E-state index contributed by atoms with van der Waals surface area (Å²) >= 11 is 0. The van der Waals surface area contributed by atoms with Crippen molar-refractivity contribution in [1.29, 1.82) is 0 Å². The third-order valence-corrected chi connectivity index (χ3v) is 3.94. The standard InChI is InChI=1S/C12H19N3/c1-9-4-10(2)15(13-9)11-5-12(6-11)7-14(3)8-12/h4,11H,5-8H2,1-3H3. The minimum Gasteiger partial charge on any atom is -0.305 e. The third kappa shape index (κ3) is 1.33. The average Bonchev–Trinajstić information content (AvgIpc) is 2.35. The van der Waals surface area contributed by atoms with Gasteiger partial charge in [0.25, 0.3) is 0 Å². The molecule has 1 saturated heterocycles. The van der Waals surface area contributed by atoms with Gasteiger partial charge >= 0.3 is 0 Å². The Bertz CT molecular complexity index is 380. The Morgan fingerprint density at radius 1 is 1.33 bits per heavy atom. The van der Waals surface area contributed by atoms with Crippen LogP contribution in [0.4, 0.5) is 0 Å². The van der Waals surface area contributed by atoms with Crippen LogP contribution in [0.2, 0.25) is 0 Å². The summed E-state index contributed by atoms with van der Waals surface area (Å²) in [5.41, 5.74) is 3.13. The van der Waals surface area contributed by atoms with E-state index >= 15 is 0 Å². The first-order chi connectivity index (χ1) is 7.08. The summed E-state index contributed by atoms with van der Waals surface area (Å²) < 4.78 is 2.24. The van der Waals surface area contributed by atoms with Crippen LogP contribution in [0.1, 0.15) is 30.3 Å². The van der Waals surface area contributed by atoms with Crippen molar-refractivity contribution in [2.24, 2.45) is 5.41 Å². The van der Waals surface area contributed by atoms with Crippen molar-refractivity contribution < 1.29 is 0 Å². The van der Waals surface area contributed by atoms with Gasteiger partial charge in [-0.2, -0.15) is 5.10 Å². The lowest BCUT2D eigenvalue weighted by atomic mass is 9.61. The fourth-order valence-electron chi connectivity index (χ4n) is 3.49. The highest BCUT2D eigenvalue weighted by Crippen LogP contribution is 2.53. The lowest BCUT2D eigenvalue weighted by Crippen LogP contribution is -2.60. The molecule has 1 aromatic heterocycles. The summed E-state index contributed by atoms with van der Waals surface area (Å²) in [6.07, 6.45) is 2.67. The van der Waals surface area contributed by atoms with E-state index in [1.165, 1.54) is 31.6 Å². The molecular weight excluding hydrogens is 186 g/mol. The SMILES string of the molecule is Cc1cc(C)n(C2CC3(C2)CN(C)C3)n1. The summed E-state index contributed by atoms with van der Waals surface area (Å²) in [5.74, 6) is 0. The third-order valence-electron chi connectivity index (χ3n) is 3.94. The fourth-order valence-corrected chi connectivity index (χ4v) is 3.49. The van der Waals surface area contributed by atoms with E-state index < -0.39 is 0 Å². The monoisotopic (exact) mass is 205 g/mol. The average molecular weight is 205 g/mol. The fraction of sp³-hybridized carbons (Fsp3) is 0.750. The molecule has 0 unspecified atom stereocenters. The maximum atomic E-state index is 4.58. The van der Waals surface area contributed by atoms with Crippen LogP contribution >= 0.6 is 0 Å². The molecule has 3 rings (SSSR count). The number of rotatable bonds is 1. The first kappa shape index (κ1) is 9.40. The van der Waals surface area contributed by atoms with E-state index in [0.717, 1.165) is 5.69 Å². The Labute approximate surface area is 91.1 Å². The van der Waals surface area contributed by atoms with Crippen LogP contribution in [-0.4, -0.2) is 34.8 Å². The predicted molar refractivity (Wildman–Crippen MR) is 59.9 cm³/mol. The van der Waals surface area contributed by atoms with Crippen LogP contribution in [0.15, 0.2) is 6.07 Å². The van der Waals surface area contributed by atoms with E-state index in [0.29, 0.717) is 11.5 Å². The van der Waals surface area contributed by atoms with E-state index in [2.05, 4.69) is 41.6 Å². The van der Waals surface area contributed by atoms with Crippen LogP contribution in [0.3, 0.4) is 0 Å². The molecule has 0 amide bonds. The Morgan fingerprint density at radius 3 is 2.47 bits per heavy atom. The summed E-state index contributed by atoms with van der Waals surface area (Å²) in [6, 6.07) is 2.85. The lowest BCUT2D eigenvalue weighted by molar-refractivity contribution is -0.0791. The molecule has 1 spiro atoms. The first-order valence-electron chi connectivity index (χ1n) is 5.79. The van der Waals surface area contributed by atoms with E-state index in [9.17, 15) is 0 Å². The second-order valence-electron chi connectivity index (χ2n) is 5.61. The highest BCUT2D eigenvalue weighted by molar-refractivity contribution is 5.12. The van der Waals surface area contributed by atoms with Gasteiger partial charge in [0.2, 0.25) is 0 Å². The van der Waals surface area contributed by atoms with Gasteiger partial charge in [0.05, 0.1) is 11.7 Å². The van der Waals surface area contributed by atoms with Crippen LogP contribution in [0, 0.1) is 19.3 Å². The molecule has 1 aliphatic carbocycles. The summed E-state index contributed by atoms with van der Waals surface area (Å²) in [7, 11) is 2.21. The van der Waals surface area contributed by atoms with Gasteiger partial charge in [0.1, 0.15) is 0 Å². The molecule has 0 N–H and O–H groups in total. The highest BCUT2D eigenvalue weighted by atomic mass is 15.3. The molecule has 0 radical (unpaired) electrons. The molecule has 1 aliphatic heterocycles. The van der Waals surface area contributed by atoms with Crippen molar-refractivity contribution in [2.75, 3.05) is 20.1 Å². The molecule has 0 atom stereocenters. The largest absolute Gasteiger partial charge is 0.305 e. The number of hydrogen-bond donors (Lipinski definition) is 0. The topological polar surface area (TPSA) is 21.1 Å². The van der Waals surface area contributed by atoms with Crippen LogP contribution in [0.25, 0.3) is 0 Å². The van der Waals surface area contributed by atoms with Crippen LogP contribution in [-0.2, 0) is 0 Å². The van der Waals surface area contributed by atoms with E-state index in [4.69, 9.17) is 0 Å². The molecular formula is C12H19N3. The second-order valence-corrected chi connectivity index (χ2v) is 5.61. The number of aryl methyl sites for hydroxylation is 2. The molecule has 15 heavy (non-hydrogen) atoms. The molecule has 2 fully saturated rings. The number of aromatic nitrogens is 2. The number of hydrogen-bond acceptors (Lipinski definition) is 2. The lowest BCUT2D eigenvalue weighted by Gasteiger charge is -2.58. The molecule has 0 bridgehead atoms. The molecule has 3 heteroatoms. The number of likely N-dealkylation sites (tertiary alicyclic amines) is 1. The van der Waals surface area contributed by atoms with Crippen molar-refractivity contribution in [3.63, 3.8) is 0 Å². The molecule has 1 saturated carbocycles. The van der Waals surface area contributed by atoms with E-state index in [1.807, 2.05) is 0 Å². The van der Waals surface area contributed by atoms with Crippen LogP contribution < -0.4 is 0 Å². The van der Waals surface area contributed by atoms with Gasteiger partial charge in [-0.15, -0.1) is 0 Å². The second kappa shape index (κ2) is 2.85. The van der Waals surface area contributed by atoms with E-state index in [-0.39, 0.29) is 0 Å². The predicted octanol–water partition coefficient (Wildman–Crippen LogP) is 1.77. The quantitative estimate of drug-likeness (QED) is 0.696. The maximum Gasteiger partial charge on any atom is 0.0596 e. The van der Waals surface area contributed by atoms with Gasteiger partial charge in [-0.3, -0.25) is 4.68 Å². The summed E-state index contributed by atoms with van der Waals surface area (Å²) in [5, 5.41) is 4.58. The maximum absolute atomic E-state index is 4.58. The highest BCUT2D eigenvalue weighted by Gasteiger charge is 2.52. The van der Waals surface area contributed by atoms with Gasteiger partial charge in [-0.25, -0.2) is 0 Å². The van der Waals surface area contributed by atoms with Gasteiger partial charge in [-0.1, -0.05) is 0 Å². The minimum atomic E-state index is 0.658. The Morgan fingerprint density at radius 2 is 2.00 bits per heavy atom. The zero-order valence-electron chi connectivity index (χ0n) is 9.82. The Kier molecular flexibility index (Phi) is 1.78. The Hall–Kier alpha value is -0.830. The zero-order chi connectivity index (χ0) is 10.6. The summed E-state index contributed by atoms with van der Waals surface area (Å²) in [4.78, 5) is 2.41. The summed E-state index contributed by atoms with van der Waals surface area (Å²) in [6.45, 7) is 6.83. The normalized spacial score (nSPS) is 25.3. The van der Waals surface area contributed by atoms with Gasteiger partial charge < -0.3 is 4.90 Å².